The third-order valence-corrected chi connectivity index (χ3v) is 3.83. The number of nitrogens with one attached hydrogen (secondary N) is 2. The van der Waals surface area contributed by atoms with Crippen LogP contribution in [0.25, 0.3) is 11.2 Å². The number of aromatic amines is 1. The van der Waals surface area contributed by atoms with Gasteiger partial charge >= 0.3 is 5.69 Å². The molecule has 2 aromatic heterocycles. The number of aryl methyl sites for hydroxylation is 1. The number of hydrazone groups is 1. The van der Waals surface area contributed by atoms with E-state index in [1.807, 2.05) is 13.8 Å². The van der Waals surface area contributed by atoms with Gasteiger partial charge in [0.1, 0.15) is 5.75 Å². The van der Waals surface area contributed by atoms with Gasteiger partial charge in [0, 0.05) is 13.6 Å². The number of fused-ring (bicyclic) bond motifs is 1. The molecule has 9 heteroatoms. The Bertz CT molecular complexity index is 1070. The van der Waals surface area contributed by atoms with E-state index in [9.17, 15) is 14.7 Å². The first-order valence-corrected chi connectivity index (χ1v) is 8.14. The highest BCUT2D eigenvalue weighted by molar-refractivity contribution is 5.80. The molecule has 3 rings (SSSR count). The second kappa shape index (κ2) is 6.87. The van der Waals surface area contributed by atoms with Crippen molar-refractivity contribution in [1.29, 1.82) is 0 Å². The number of rotatable bonds is 5. The maximum Gasteiger partial charge on any atom is 0.329 e. The van der Waals surface area contributed by atoms with Gasteiger partial charge in [-0.05, 0) is 35.7 Å². The molecular formula is C17H20N6O3. The highest BCUT2D eigenvalue weighted by atomic mass is 16.3. The van der Waals surface area contributed by atoms with Gasteiger partial charge in [0.05, 0.1) is 6.21 Å². The number of aromatic hydroxyl groups is 1. The summed E-state index contributed by atoms with van der Waals surface area (Å²) in [6.07, 6.45) is 1.57. The van der Waals surface area contributed by atoms with E-state index in [4.69, 9.17) is 0 Å². The fraction of sp³-hybridized carbons (Fsp3) is 0.294. The zero-order valence-corrected chi connectivity index (χ0v) is 14.7. The van der Waals surface area contributed by atoms with E-state index in [1.165, 1.54) is 4.57 Å². The minimum atomic E-state index is -0.518. The van der Waals surface area contributed by atoms with Crippen molar-refractivity contribution in [2.75, 3.05) is 5.43 Å². The molecule has 0 aliphatic rings. The van der Waals surface area contributed by atoms with Crippen molar-refractivity contribution in [3.8, 4) is 5.75 Å². The number of phenols is 1. The second-order valence-electron chi connectivity index (χ2n) is 6.39. The van der Waals surface area contributed by atoms with Crippen LogP contribution in [0.4, 0.5) is 5.95 Å². The monoisotopic (exact) mass is 356 g/mol. The molecule has 3 aromatic rings. The summed E-state index contributed by atoms with van der Waals surface area (Å²) in [7, 11) is 1.55. The number of H-pyrrole nitrogens is 1. The molecule has 136 valence electrons. The SMILES string of the molecule is CC(C)Cn1c(NN=Cc2ccc(O)cc2)nc2c1c(=O)[nH]c(=O)n2C. The molecule has 0 unspecified atom stereocenters. The molecule has 0 saturated heterocycles. The van der Waals surface area contributed by atoms with Crippen molar-refractivity contribution in [2.24, 2.45) is 18.1 Å². The molecule has 0 amide bonds. The van der Waals surface area contributed by atoms with E-state index in [1.54, 1.807) is 42.1 Å². The highest BCUT2D eigenvalue weighted by Gasteiger charge is 2.17. The predicted molar refractivity (Wildman–Crippen MR) is 99.8 cm³/mol. The Labute approximate surface area is 148 Å². The zero-order chi connectivity index (χ0) is 18.8. The number of nitrogens with zero attached hydrogens (tertiary/aromatic N) is 4. The molecule has 0 spiro atoms. The summed E-state index contributed by atoms with van der Waals surface area (Å²) in [6, 6.07) is 6.55. The maximum absolute atomic E-state index is 12.3. The third kappa shape index (κ3) is 3.37. The Hall–Kier alpha value is -3.36. The van der Waals surface area contributed by atoms with E-state index < -0.39 is 11.2 Å². The molecule has 0 radical (unpaired) electrons. The Kier molecular flexibility index (Phi) is 4.61. The Morgan fingerprint density at radius 2 is 2.00 bits per heavy atom. The van der Waals surface area contributed by atoms with Crippen molar-refractivity contribution in [2.45, 2.75) is 20.4 Å². The molecule has 3 N–H and O–H groups in total. The molecule has 0 saturated carbocycles. The fourth-order valence-electron chi connectivity index (χ4n) is 2.59. The summed E-state index contributed by atoms with van der Waals surface area (Å²) in [6.45, 7) is 4.58. The summed E-state index contributed by atoms with van der Waals surface area (Å²) in [5, 5.41) is 13.4. The van der Waals surface area contributed by atoms with Crippen molar-refractivity contribution >= 4 is 23.3 Å². The number of aromatic nitrogens is 4. The molecule has 0 aliphatic heterocycles. The lowest BCUT2D eigenvalue weighted by Crippen LogP contribution is -2.29. The molecule has 2 heterocycles. The van der Waals surface area contributed by atoms with Crippen molar-refractivity contribution in [1.82, 2.24) is 19.1 Å². The molecule has 26 heavy (non-hydrogen) atoms. The number of hydrogen-bond acceptors (Lipinski definition) is 6. The number of phenolic OH excluding ortho intramolecular Hbond substituents is 1. The quantitative estimate of drug-likeness (QED) is 0.469. The highest BCUT2D eigenvalue weighted by Crippen LogP contribution is 2.17. The van der Waals surface area contributed by atoms with E-state index in [0.717, 1.165) is 5.56 Å². The average molecular weight is 356 g/mol. The van der Waals surface area contributed by atoms with E-state index in [0.29, 0.717) is 23.7 Å². The lowest BCUT2D eigenvalue weighted by molar-refractivity contribution is 0.475. The van der Waals surface area contributed by atoms with Crippen molar-refractivity contribution in [3.05, 3.63) is 50.7 Å². The van der Waals surface area contributed by atoms with Crippen LogP contribution < -0.4 is 16.7 Å². The molecule has 1 aromatic carbocycles. The van der Waals surface area contributed by atoms with Crippen LogP contribution in [-0.4, -0.2) is 30.4 Å². The van der Waals surface area contributed by atoms with E-state index >= 15 is 0 Å². The van der Waals surface area contributed by atoms with Crippen LogP contribution in [0.3, 0.4) is 0 Å². The van der Waals surface area contributed by atoms with Gasteiger partial charge < -0.3 is 9.67 Å². The summed E-state index contributed by atoms with van der Waals surface area (Å²) in [5.74, 6) is 0.801. The van der Waals surface area contributed by atoms with Crippen LogP contribution in [0.1, 0.15) is 19.4 Å². The Morgan fingerprint density at radius 1 is 1.31 bits per heavy atom. The van der Waals surface area contributed by atoms with E-state index in [2.05, 4.69) is 20.5 Å². The Balaban J connectivity index is 2.02. The third-order valence-electron chi connectivity index (χ3n) is 3.83. The molecule has 0 atom stereocenters. The summed E-state index contributed by atoms with van der Waals surface area (Å²) in [5.41, 5.74) is 3.24. The van der Waals surface area contributed by atoms with Gasteiger partial charge in [-0.25, -0.2) is 10.2 Å². The first-order valence-electron chi connectivity index (χ1n) is 8.14. The van der Waals surface area contributed by atoms with Crippen LogP contribution in [0.15, 0.2) is 39.0 Å². The predicted octanol–water partition coefficient (Wildman–Crippen LogP) is 1.23. The van der Waals surface area contributed by atoms with Gasteiger partial charge in [0.25, 0.3) is 5.56 Å². The summed E-state index contributed by atoms with van der Waals surface area (Å²) < 4.78 is 3.01. The van der Waals surface area contributed by atoms with Crippen LogP contribution in [0, 0.1) is 5.92 Å². The lowest BCUT2D eigenvalue weighted by Gasteiger charge is -2.10. The van der Waals surface area contributed by atoms with Gasteiger partial charge in [-0.2, -0.15) is 10.1 Å². The molecular weight excluding hydrogens is 336 g/mol. The number of hydrogen-bond donors (Lipinski definition) is 3. The summed E-state index contributed by atoms with van der Waals surface area (Å²) in [4.78, 5) is 30.8. The summed E-state index contributed by atoms with van der Waals surface area (Å²) >= 11 is 0. The minimum Gasteiger partial charge on any atom is -0.508 e. The molecule has 0 aliphatic carbocycles. The minimum absolute atomic E-state index is 0.175. The Morgan fingerprint density at radius 3 is 2.65 bits per heavy atom. The standard InChI is InChI=1S/C17H20N6O3/c1-10(2)9-23-13-14(22(3)17(26)20-15(13)25)19-16(23)21-18-8-11-4-6-12(24)7-5-11/h4-8,10,24H,9H2,1-3H3,(H,19,21)(H,20,25,26). The lowest BCUT2D eigenvalue weighted by atomic mass is 10.2. The molecule has 0 fully saturated rings. The topological polar surface area (TPSA) is 117 Å². The van der Waals surface area contributed by atoms with Crippen LogP contribution in [-0.2, 0) is 13.6 Å². The average Bonchev–Trinajstić information content (AvgIpc) is 2.93. The molecule has 0 bridgehead atoms. The van der Waals surface area contributed by atoms with Crippen LogP contribution in [0.2, 0.25) is 0 Å². The van der Waals surface area contributed by atoms with Gasteiger partial charge in [0.15, 0.2) is 11.2 Å². The smallest absolute Gasteiger partial charge is 0.329 e. The normalized spacial score (nSPS) is 11.7. The first kappa shape index (κ1) is 17.5. The first-order chi connectivity index (χ1) is 12.4. The van der Waals surface area contributed by atoms with Crippen molar-refractivity contribution in [3.63, 3.8) is 0 Å². The van der Waals surface area contributed by atoms with Crippen molar-refractivity contribution < 1.29 is 5.11 Å². The van der Waals surface area contributed by atoms with Gasteiger partial charge in [-0.1, -0.05) is 13.8 Å². The molecule has 9 nitrogen and oxygen atoms in total. The van der Waals surface area contributed by atoms with Gasteiger partial charge in [-0.3, -0.25) is 14.3 Å². The fourth-order valence-corrected chi connectivity index (χ4v) is 2.59. The van der Waals surface area contributed by atoms with Gasteiger partial charge in [0.2, 0.25) is 5.95 Å². The largest absolute Gasteiger partial charge is 0.508 e. The number of anilines is 1. The van der Waals surface area contributed by atoms with Crippen LogP contribution in [0.5, 0.6) is 5.75 Å². The van der Waals surface area contributed by atoms with Gasteiger partial charge in [-0.15, -0.1) is 0 Å². The number of benzene rings is 1. The van der Waals surface area contributed by atoms with Crippen LogP contribution >= 0.6 is 0 Å². The maximum atomic E-state index is 12.3. The zero-order valence-electron chi connectivity index (χ0n) is 14.7. The van der Waals surface area contributed by atoms with E-state index in [-0.39, 0.29) is 11.7 Å². The second-order valence-corrected chi connectivity index (χ2v) is 6.39. The number of imidazole rings is 1.